The number of nitrogens with zero attached hydrogens (tertiary/aromatic N) is 2. The smallest absolute Gasteiger partial charge is 0.107 e. The van der Waals surface area contributed by atoms with Crippen molar-refractivity contribution in [2.45, 2.75) is 12.6 Å². The molecule has 1 aromatic heterocycles. The van der Waals surface area contributed by atoms with Crippen LogP contribution >= 0.6 is 11.3 Å². The van der Waals surface area contributed by atoms with Gasteiger partial charge in [-0.05, 0) is 7.05 Å². The van der Waals surface area contributed by atoms with Gasteiger partial charge < -0.3 is 10.1 Å². The number of aromatic nitrogens is 1. The van der Waals surface area contributed by atoms with Crippen molar-refractivity contribution in [1.29, 1.82) is 0 Å². The fourth-order valence-electron chi connectivity index (χ4n) is 1.83. The average molecular weight is 227 g/mol. The lowest BCUT2D eigenvalue weighted by atomic mass is 10.2. The van der Waals surface area contributed by atoms with Crippen molar-refractivity contribution < 1.29 is 4.74 Å². The molecular weight excluding hydrogens is 210 g/mol. The van der Waals surface area contributed by atoms with E-state index < -0.39 is 0 Å². The molecule has 1 N–H and O–H groups in total. The van der Waals surface area contributed by atoms with E-state index in [0.29, 0.717) is 6.04 Å². The van der Waals surface area contributed by atoms with Gasteiger partial charge in [-0.1, -0.05) is 0 Å². The maximum atomic E-state index is 5.49. The molecule has 1 saturated heterocycles. The summed E-state index contributed by atoms with van der Waals surface area (Å²) in [5.41, 5.74) is 0. The zero-order valence-electron chi connectivity index (χ0n) is 8.98. The molecule has 0 saturated carbocycles. The van der Waals surface area contributed by atoms with Crippen molar-refractivity contribution in [3.8, 4) is 0 Å². The van der Waals surface area contributed by atoms with Crippen LogP contribution in [0.4, 0.5) is 0 Å². The zero-order chi connectivity index (χ0) is 10.5. The molecule has 2 heterocycles. The van der Waals surface area contributed by atoms with Crippen LogP contribution in [0.1, 0.15) is 5.01 Å². The average Bonchev–Trinajstić information content (AvgIpc) is 2.74. The summed E-state index contributed by atoms with van der Waals surface area (Å²) in [6.45, 7) is 4.60. The summed E-state index contributed by atoms with van der Waals surface area (Å²) in [5, 5.41) is 6.43. The summed E-state index contributed by atoms with van der Waals surface area (Å²) in [4.78, 5) is 6.76. The number of thiazole rings is 1. The van der Waals surface area contributed by atoms with E-state index in [0.717, 1.165) is 32.8 Å². The van der Waals surface area contributed by atoms with E-state index in [-0.39, 0.29) is 0 Å². The minimum Gasteiger partial charge on any atom is -0.378 e. The molecule has 5 heteroatoms. The predicted octanol–water partition coefficient (Wildman–Crippen LogP) is 0.563. The molecule has 0 bridgehead atoms. The number of nitrogens with one attached hydrogen (secondary N) is 1. The van der Waals surface area contributed by atoms with Crippen LogP contribution in [0.15, 0.2) is 11.6 Å². The van der Waals surface area contributed by atoms with E-state index >= 15 is 0 Å². The van der Waals surface area contributed by atoms with Gasteiger partial charge in [0.1, 0.15) is 5.01 Å². The number of likely N-dealkylation sites (N-methyl/N-ethyl adjacent to an activating group) is 1. The summed E-state index contributed by atoms with van der Waals surface area (Å²) in [7, 11) is 1.98. The molecule has 15 heavy (non-hydrogen) atoms. The standard InChI is InChI=1S/C10H17N3OS/c1-11-6-9-8-14-4-3-13(9)7-10-12-2-5-15-10/h2,5,9,11H,3-4,6-8H2,1H3. The lowest BCUT2D eigenvalue weighted by Gasteiger charge is -2.34. The second-order valence-electron chi connectivity index (χ2n) is 3.68. The molecule has 0 aliphatic carbocycles. The van der Waals surface area contributed by atoms with Crippen LogP contribution < -0.4 is 5.32 Å². The van der Waals surface area contributed by atoms with Gasteiger partial charge in [-0.25, -0.2) is 4.98 Å². The van der Waals surface area contributed by atoms with Gasteiger partial charge in [-0.2, -0.15) is 0 Å². The molecule has 1 atom stereocenters. The van der Waals surface area contributed by atoms with Crippen LogP contribution in [0.5, 0.6) is 0 Å². The van der Waals surface area contributed by atoms with Gasteiger partial charge in [-0.3, -0.25) is 4.90 Å². The zero-order valence-corrected chi connectivity index (χ0v) is 9.80. The third-order valence-electron chi connectivity index (χ3n) is 2.61. The monoisotopic (exact) mass is 227 g/mol. The maximum absolute atomic E-state index is 5.49. The van der Waals surface area contributed by atoms with Crippen LogP contribution in [-0.2, 0) is 11.3 Å². The number of morpholine rings is 1. The Hall–Kier alpha value is -0.490. The van der Waals surface area contributed by atoms with Gasteiger partial charge in [-0.15, -0.1) is 11.3 Å². The molecule has 0 spiro atoms. The molecule has 84 valence electrons. The van der Waals surface area contributed by atoms with Crippen LogP contribution in [0.25, 0.3) is 0 Å². The Morgan fingerprint density at radius 3 is 3.40 bits per heavy atom. The van der Waals surface area contributed by atoms with Gasteiger partial charge >= 0.3 is 0 Å². The molecule has 1 fully saturated rings. The van der Waals surface area contributed by atoms with Crippen LogP contribution in [0, 0.1) is 0 Å². The Labute approximate surface area is 94.3 Å². The first-order valence-electron chi connectivity index (χ1n) is 5.25. The molecule has 1 aliphatic rings. The van der Waals surface area contributed by atoms with Crippen LogP contribution in [-0.4, -0.2) is 49.3 Å². The minimum absolute atomic E-state index is 0.479. The van der Waals surface area contributed by atoms with Crippen molar-refractivity contribution in [1.82, 2.24) is 15.2 Å². The van der Waals surface area contributed by atoms with E-state index in [1.165, 1.54) is 5.01 Å². The summed E-state index contributed by atoms with van der Waals surface area (Å²) in [6, 6.07) is 0.479. The number of hydrogen-bond donors (Lipinski definition) is 1. The molecule has 1 aromatic rings. The topological polar surface area (TPSA) is 37.4 Å². The van der Waals surface area contributed by atoms with Crippen molar-refractivity contribution >= 4 is 11.3 Å². The maximum Gasteiger partial charge on any atom is 0.107 e. The van der Waals surface area contributed by atoms with Gasteiger partial charge in [0.2, 0.25) is 0 Å². The third-order valence-corrected chi connectivity index (χ3v) is 3.38. The Bertz CT molecular complexity index is 276. The molecule has 0 radical (unpaired) electrons. The van der Waals surface area contributed by atoms with E-state index in [1.54, 1.807) is 11.3 Å². The highest BCUT2D eigenvalue weighted by atomic mass is 32.1. The third kappa shape index (κ3) is 2.98. The summed E-state index contributed by atoms with van der Waals surface area (Å²) in [5.74, 6) is 0. The second kappa shape index (κ2) is 5.55. The van der Waals surface area contributed by atoms with Gasteiger partial charge in [0, 0.05) is 30.7 Å². The van der Waals surface area contributed by atoms with Crippen molar-refractivity contribution in [3.63, 3.8) is 0 Å². The van der Waals surface area contributed by atoms with E-state index in [4.69, 9.17) is 4.74 Å². The molecule has 4 nitrogen and oxygen atoms in total. The van der Waals surface area contributed by atoms with Gasteiger partial charge in [0.15, 0.2) is 0 Å². The van der Waals surface area contributed by atoms with Crippen molar-refractivity contribution in [2.24, 2.45) is 0 Å². The van der Waals surface area contributed by atoms with Gasteiger partial charge in [0.25, 0.3) is 0 Å². The second-order valence-corrected chi connectivity index (χ2v) is 4.66. The quantitative estimate of drug-likeness (QED) is 0.816. The summed E-state index contributed by atoms with van der Waals surface area (Å²) in [6.07, 6.45) is 1.87. The normalized spacial score (nSPS) is 23.1. The Morgan fingerprint density at radius 2 is 2.67 bits per heavy atom. The lowest BCUT2D eigenvalue weighted by molar-refractivity contribution is -0.0103. The Kier molecular flexibility index (Phi) is 4.08. The van der Waals surface area contributed by atoms with E-state index in [1.807, 2.05) is 18.6 Å². The number of rotatable bonds is 4. The molecule has 1 unspecified atom stereocenters. The first-order valence-corrected chi connectivity index (χ1v) is 6.13. The number of ether oxygens (including phenoxy) is 1. The van der Waals surface area contributed by atoms with Crippen LogP contribution in [0.2, 0.25) is 0 Å². The van der Waals surface area contributed by atoms with E-state index in [9.17, 15) is 0 Å². The summed E-state index contributed by atoms with van der Waals surface area (Å²) >= 11 is 1.72. The lowest BCUT2D eigenvalue weighted by Crippen LogP contribution is -2.49. The first kappa shape index (κ1) is 11.0. The molecule has 0 aromatic carbocycles. The molecule has 0 amide bonds. The van der Waals surface area contributed by atoms with Crippen molar-refractivity contribution in [2.75, 3.05) is 33.4 Å². The Balaban J connectivity index is 1.92. The Morgan fingerprint density at radius 1 is 1.73 bits per heavy atom. The fourth-order valence-corrected chi connectivity index (χ4v) is 2.47. The van der Waals surface area contributed by atoms with E-state index in [2.05, 4.69) is 15.2 Å². The largest absolute Gasteiger partial charge is 0.378 e. The fraction of sp³-hybridized carbons (Fsp3) is 0.700. The SMILES string of the molecule is CNCC1COCCN1Cc1nccs1. The van der Waals surface area contributed by atoms with Crippen molar-refractivity contribution in [3.05, 3.63) is 16.6 Å². The summed E-state index contributed by atoms with van der Waals surface area (Å²) < 4.78 is 5.49. The first-order chi connectivity index (χ1) is 7.40. The highest BCUT2D eigenvalue weighted by Crippen LogP contribution is 2.13. The van der Waals surface area contributed by atoms with Crippen LogP contribution in [0.3, 0.4) is 0 Å². The minimum atomic E-state index is 0.479. The predicted molar refractivity (Wildman–Crippen MR) is 61.1 cm³/mol. The molecule has 2 rings (SSSR count). The van der Waals surface area contributed by atoms with Gasteiger partial charge in [0.05, 0.1) is 19.8 Å². The number of hydrogen-bond acceptors (Lipinski definition) is 5. The highest BCUT2D eigenvalue weighted by Gasteiger charge is 2.22. The molecule has 1 aliphatic heterocycles. The highest BCUT2D eigenvalue weighted by molar-refractivity contribution is 7.09. The molecular formula is C10H17N3OS.